The summed E-state index contributed by atoms with van der Waals surface area (Å²) in [5, 5.41) is 19.5. The molecule has 0 unspecified atom stereocenters. The van der Waals surface area contributed by atoms with Crippen molar-refractivity contribution < 1.29 is 14.9 Å². The number of aliphatic hydroxyl groups excluding tert-OH is 1. The van der Waals surface area contributed by atoms with Crippen LogP contribution in [0.4, 0.5) is 5.69 Å². The molecule has 0 fully saturated rings. The predicted octanol–water partition coefficient (Wildman–Crippen LogP) is 3.30. The van der Waals surface area contributed by atoms with Gasteiger partial charge in [-0.2, -0.15) is 0 Å². The second-order valence-corrected chi connectivity index (χ2v) is 4.56. The maximum Gasteiger partial charge on any atom is 0.146 e. The fraction of sp³-hybridized carbons (Fsp3) is 0.133. The van der Waals surface area contributed by atoms with Gasteiger partial charge in [0.05, 0.1) is 13.7 Å². The van der Waals surface area contributed by atoms with E-state index < -0.39 is 0 Å². The number of nitrogens with zero attached hydrogens (tertiary/aromatic N) is 1. The molecule has 104 valence electrons. The van der Waals surface area contributed by atoms with Crippen LogP contribution in [0.2, 0.25) is 5.02 Å². The molecule has 0 saturated heterocycles. The van der Waals surface area contributed by atoms with Crippen molar-refractivity contribution in [1.82, 2.24) is 0 Å². The third-order valence-corrected chi connectivity index (χ3v) is 2.99. The molecule has 0 heterocycles. The molecule has 0 atom stereocenters. The summed E-state index contributed by atoms with van der Waals surface area (Å²) >= 11 is 5.91. The van der Waals surface area contributed by atoms with Crippen molar-refractivity contribution in [2.45, 2.75) is 6.61 Å². The Bertz CT molecular complexity index is 624. The lowest BCUT2D eigenvalue weighted by molar-refractivity contribution is 0.275. The zero-order chi connectivity index (χ0) is 14.5. The first-order valence-corrected chi connectivity index (χ1v) is 6.32. The average Bonchev–Trinajstić information content (AvgIpc) is 2.48. The van der Waals surface area contributed by atoms with E-state index in [1.54, 1.807) is 13.3 Å². The van der Waals surface area contributed by atoms with Crippen molar-refractivity contribution >= 4 is 23.5 Å². The molecule has 0 aliphatic carbocycles. The maximum absolute atomic E-state index is 9.92. The minimum Gasteiger partial charge on any atom is -0.505 e. The molecule has 2 aromatic carbocycles. The Kier molecular flexibility index (Phi) is 4.61. The molecular weight excluding hydrogens is 278 g/mol. The molecule has 4 nitrogen and oxygen atoms in total. The Morgan fingerprint density at radius 3 is 2.55 bits per heavy atom. The lowest BCUT2D eigenvalue weighted by Crippen LogP contribution is -1.86. The first-order valence-electron chi connectivity index (χ1n) is 5.94. The van der Waals surface area contributed by atoms with Crippen LogP contribution in [0.5, 0.6) is 11.5 Å². The summed E-state index contributed by atoms with van der Waals surface area (Å²) in [5.41, 5.74) is 1.52. The Balaban J connectivity index is 2.28. The van der Waals surface area contributed by atoms with Gasteiger partial charge in [0.1, 0.15) is 17.2 Å². The van der Waals surface area contributed by atoms with Gasteiger partial charge in [0.25, 0.3) is 0 Å². The van der Waals surface area contributed by atoms with E-state index in [0.29, 0.717) is 16.3 Å². The van der Waals surface area contributed by atoms with Crippen LogP contribution in [0.15, 0.2) is 41.4 Å². The lowest BCUT2D eigenvalue weighted by Gasteiger charge is -2.05. The number of rotatable bonds is 4. The Labute approximate surface area is 121 Å². The molecular formula is C15H14ClNO3. The van der Waals surface area contributed by atoms with Crippen molar-refractivity contribution in [3.05, 3.63) is 52.5 Å². The zero-order valence-corrected chi connectivity index (χ0v) is 11.6. The molecule has 0 bridgehead atoms. The van der Waals surface area contributed by atoms with E-state index in [-0.39, 0.29) is 12.4 Å². The molecule has 0 amide bonds. The number of hydrogen-bond donors (Lipinski definition) is 2. The molecule has 0 radical (unpaired) electrons. The summed E-state index contributed by atoms with van der Waals surface area (Å²) in [7, 11) is 1.60. The van der Waals surface area contributed by atoms with Crippen molar-refractivity contribution in [3.63, 3.8) is 0 Å². The number of phenols is 1. The van der Waals surface area contributed by atoms with Gasteiger partial charge in [-0.05, 0) is 42.0 Å². The number of methoxy groups -OCH3 is 1. The number of aliphatic hydroxyl groups is 1. The highest BCUT2D eigenvalue weighted by atomic mass is 35.5. The van der Waals surface area contributed by atoms with Crippen LogP contribution in [-0.4, -0.2) is 23.5 Å². The van der Waals surface area contributed by atoms with Gasteiger partial charge in [0.2, 0.25) is 0 Å². The van der Waals surface area contributed by atoms with Gasteiger partial charge < -0.3 is 14.9 Å². The van der Waals surface area contributed by atoms with E-state index >= 15 is 0 Å². The second kappa shape index (κ2) is 6.41. The number of ether oxygens (including phenoxy) is 1. The van der Waals surface area contributed by atoms with E-state index in [2.05, 4.69) is 4.99 Å². The number of hydrogen-bond acceptors (Lipinski definition) is 4. The highest BCUT2D eigenvalue weighted by Gasteiger charge is 2.07. The van der Waals surface area contributed by atoms with Gasteiger partial charge in [-0.3, -0.25) is 4.99 Å². The molecule has 0 aromatic heterocycles. The van der Waals surface area contributed by atoms with E-state index in [9.17, 15) is 5.11 Å². The summed E-state index contributed by atoms with van der Waals surface area (Å²) in [6, 6.07) is 10.4. The molecule has 5 heteroatoms. The van der Waals surface area contributed by atoms with Gasteiger partial charge in [0, 0.05) is 16.8 Å². The molecule has 2 N–H and O–H groups in total. The van der Waals surface area contributed by atoms with Crippen LogP contribution >= 0.6 is 11.6 Å². The van der Waals surface area contributed by atoms with Crippen molar-refractivity contribution in [1.29, 1.82) is 0 Å². The standard InChI is InChI=1S/C15H14ClNO3/c1-20-13-4-2-10(3-5-13)8-17-14-7-12(16)6-11(9-18)15(14)19/h2-8,18-19H,9H2,1H3. The third-order valence-electron chi connectivity index (χ3n) is 2.77. The van der Waals surface area contributed by atoms with Crippen LogP contribution in [-0.2, 0) is 6.61 Å². The largest absolute Gasteiger partial charge is 0.505 e. The van der Waals surface area contributed by atoms with Crippen molar-refractivity contribution in [2.24, 2.45) is 4.99 Å². The average molecular weight is 292 g/mol. The second-order valence-electron chi connectivity index (χ2n) is 4.12. The molecule has 2 rings (SSSR count). The highest BCUT2D eigenvalue weighted by molar-refractivity contribution is 6.31. The maximum atomic E-state index is 9.92. The Morgan fingerprint density at radius 1 is 1.25 bits per heavy atom. The van der Waals surface area contributed by atoms with Gasteiger partial charge in [-0.1, -0.05) is 11.6 Å². The molecule has 0 saturated carbocycles. The first kappa shape index (κ1) is 14.4. The summed E-state index contributed by atoms with van der Waals surface area (Å²) < 4.78 is 5.07. The van der Waals surface area contributed by atoms with Crippen LogP contribution < -0.4 is 4.74 Å². The van der Waals surface area contributed by atoms with Crippen molar-refractivity contribution in [2.75, 3.05) is 7.11 Å². The van der Waals surface area contributed by atoms with Crippen LogP contribution in [0.3, 0.4) is 0 Å². The van der Waals surface area contributed by atoms with Gasteiger partial charge in [-0.15, -0.1) is 0 Å². The monoisotopic (exact) mass is 291 g/mol. The lowest BCUT2D eigenvalue weighted by atomic mass is 10.2. The van der Waals surface area contributed by atoms with Crippen LogP contribution in [0.25, 0.3) is 0 Å². The number of benzene rings is 2. The highest BCUT2D eigenvalue weighted by Crippen LogP contribution is 2.33. The number of aliphatic imine (C=N–C) groups is 1. The normalized spacial score (nSPS) is 10.9. The summed E-state index contributed by atoms with van der Waals surface area (Å²) in [4.78, 5) is 4.19. The summed E-state index contributed by atoms with van der Waals surface area (Å²) in [6.07, 6.45) is 1.60. The van der Waals surface area contributed by atoms with E-state index in [0.717, 1.165) is 11.3 Å². The number of aromatic hydroxyl groups is 1. The molecule has 0 aliphatic heterocycles. The Morgan fingerprint density at radius 2 is 1.95 bits per heavy atom. The van der Waals surface area contributed by atoms with Crippen molar-refractivity contribution in [3.8, 4) is 11.5 Å². The number of halogens is 1. The smallest absolute Gasteiger partial charge is 0.146 e. The van der Waals surface area contributed by atoms with Gasteiger partial charge in [0.15, 0.2) is 0 Å². The fourth-order valence-electron chi connectivity index (χ4n) is 1.69. The third kappa shape index (κ3) is 3.29. The molecule has 20 heavy (non-hydrogen) atoms. The summed E-state index contributed by atoms with van der Waals surface area (Å²) in [5.74, 6) is 0.692. The fourth-order valence-corrected chi connectivity index (χ4v) is 1.93. The minimum atomic E-state index is -0.294. The van der Waals surface area contributed by atoms with Crippen LogP contribution in [0, 0.1) is 0 Å². The Hall–Kier alpha value is -2.04. The molecule has 0 aliphatic rings. The van der Waals surface area contributed by atoms with Crippen LogP contribution in [0.1, 0.15) is 11.1 Å². The molecule has 2 aromatic rings. The predicted molar refractivity (Wildman–Crippen MR) is 79.3 cm³/mol. The minimum absolute atomic E-state index is 0.0679. The van der Waals surface area contributed by atoms with E-state index in [1.165, 1.54) is 12.1 Å². The zero-order valence-electron chi connectivity index (χ0n) is 10.9. The topological polar surface area (TPSA) is 62.0 Å². The van der Waals surface area contributed by atoms with E-state index in [1.807, 2.05) is 24.3 Å². The van der Waals surface area contributed by atoms with Gasteiger partial charge in [-0.25, -0.2) is 0 Å². The first-order chi connectivity index (χ1) is 9.63. The summed E-state index contributed by atoms with van der Waals surface area (Å²) in [6.45, 7) is -0.294. The molecule has 0 spiro atoms. The van der Waals surface area contributed by atoms with E-state index in [4.69, 9.17) is 21.4 Å². The quantitative estimate of drug-likeness (QED) is 0.850. The SMILES string of the molecule is COc1ccc(C=Nc2cc(Cl)cc(CO)c2O)cc1. The van der Waals surface area contributed by atoms with Gasteiger partial charge >= 0.3 is 0 Å².